The molecule has 14 heteroatoms. The van der Waals surface area contributed by atoms with Crippen LogP contribution in [0, 0.1) is 5.92 Å². The molecule has 188 valence electrons. The van der Waals surface area contributed by atoms with Crippen LogP contribution in [0.25, 0.3) is 0 Å². The summed E-state index contributed by atoms with van der Waals surface area (Å²) in [5, 5.41) is 7.63. The molecular weight excluding hydrogens is 498 g/mol. The summed E-state index contributed by atoms with van der Waals surface area (Å²) in [7, 11) is 1.28. The van der Waals surface area contributed by atoms with Gasteiger partial charge in [0.2, 0.25) is 6.79 Å². The smallest absolute Gasteiger partial charge is 0.357 e. The van der Waals surface area contributed by atoms with E-state index in [-0.39, 0.29) is 34.1 Å². The molecule has 0 radical (unpaired) electrons. The second-order valence-electron chi connectivity index (χ2n) is 8.01. The molecule has 35 heavy (non-hydrogen) atoms. The van der Waals surface area contributed by atoms with Gasteiger partial charge in [0.25, 0.3) is 11.8 Å². The fourth-order valence-electron chi connectivity index (χ4n) is 4.10. The summed E-state index contributed by atoms with van der Waals surface area (Å²) < 4.78 is 10.2. The number of ether oxygens (including phenoxy) is 2. The number of esters is 2. The molecule has 1 saturated carbocycles. The quantitative estimate of drug-likeness (QED) is 0.165. The summed E-state index contributed by atoms with van der Waals surface area (Å²) in [6.07, 6.45) is 6.20. The number of β-lactam (4-membered cyclic amide) rings is 1. The Morgan fingerprint density at radius 1 is 1.26 bits per heavy atom. The van der Waals surface area contributed by atoms with E-state index >= 15 is 0 Å². The van der Waals surface area contributed by atoms with Crippen LogP contribution in [0.5, 0.6) is 0 Å². The number of aromatic nitrogens is 1. The van der Waals surface area contributed by atoms with Crippen LogP contribution in [0.15, 0.2) is 22.3 Å². The molecule has 0 spiro atoms. The minimum atomic E-state index is -0.883. The molecule has 0 bridgehead atoms. The fraction of sp³-hybridized carbons (Fsp3) is 0.524. The van der Waals surface area contributed by atoms with Gasteiger partial charge in [-0.2, -0.15) is 0 Å². The molecule has 2 aliphatic heterocycles. The zero-order chi connectivity index (χ0) is 24.9. The van der Waals surface area contributed by atoms with E-state index in [1.165, 1.54) is 23.8 Å². The number of nitrogens with one attached hydrogen (secondary N) is 1. The van der Waals surface area contributed by atoms with Crippen LogP contribution in [0.1, 0.15) is 37.8 Å². The molecule has 2 amide bonds. The lowest BCUT2D eigenvalue weighted by Crippen LogP contribution is -2.70. The van der Waals surface area contributed by atoms with Crippen LogP contribution >= 0.6 is 23.1 Å². The lowest BCUT2D eigenvalue weighted by atomic mass is 9.89. The highest BCUT2D eigenvalue weighted by Crippen LogP contribution is 2.38. The van der Waals surface area contributed by atoms with Gasteiger partial charge in [0.1, 0.15) is 29.9 Å². The van der Waals surface area contributed by atoms with Crippen LogP contribution in [-0.4, -0.2) is 70.4 Å². The molecule has 3 aliphatic rings. The summed E-state index contributed by atoms with van der Waals surface area (Å²) in [5.41, 5.74) is 5.78. The number of amides is 2. The van der Waals surface area contributed by atoms with Gasteiger partial charge in [0.05, 0.1) is 5.92 Å². The van der Waals surface area contributed by atoms with Gasteiger partial charge in [-0.1, -0.05) is 24.4 Å². The number of anilines is 1. The first-order chi connectivity index (χ1) is 16.9. The predicted octanol–water partition coefficient (Wildman–Crippen LogP) is 0.984. The fourth-order valence-corrected chi connectivity index (χ4v) is 5.84. The molecule has 1 aromatic rings. The maximum Gasteiger partial charge on any atom is 0.357 e. The van der Waals surface area contributed by atoms with Crippen molar-refractivity contribution < 1.29 is 33.5 Å². The first-order valence-electron chi connectivity index (χ1n) is 11.0. The van der Waals surface area contributed by atoms with Gasteiger partial charge in [-0.25, -0.2) is 9.78 Å². The average Bonchev–Trinajstić information content (AvgIpc) is 3.31. The van der Waals surface area contributed by atoms with Gasteiger partial charge in [0.15, 0.2) is 10.8 Å². The molecular formula is C21H25N5O7S2. The number of thiazole rings is 1. The number of thioether (sulfide) groups is 1. The van der Waals surface area contributed by atoms with Gasteiger partial charge in [-0.3, -0.25) is 19.3 Å². The van der Waals surface area contributed by atoms with Gasteiger partial charge in [0, 0.05) is 11.1 Å². The molecule has 3 N–H and O–H groups in total. The zero-order valence-electron chi connectivity index (χ0n) is 18.9. The first-order valence-corrected chi connectivity index (χ1v) is 13.0. The monoisotopic (exact) mass is 523 g/mol. The highest BCUT2D eigenvalue weighted by molar-refractivity contribution is 8.00. The van der Waals surface area contributed by atoms with Crippen LogP contribution < -0.4 is 11.1 Å². The lowest BCUT2D eigenvalue weighted by molar-refractivity contribution is -0.171. The molecule has 3 heterocycles. The standard InChI is InChI=1S/C21H25N5O7S2/c1-31-25-14(12-9-35-21(22)23-12)16(27)24-15-17(28)26-13(7-8-34-18(15)26)20(30)33-10-32-19(29)11-5-3-2-4-6-11/h7,9,11,15,18H,2-6,8,10H2,1H3,(H2,22,23)(H,24,27)/t15?,18-/m0/s1. The van der Waals surface area contributed by atoms with E-state index in [1.54, 1.807) is 11.5 Å². The number of hydrogen-bond acceptors (Lipinski definition) is 12. The number of fused-ring (bicyclic) bond motifs is 1. The number of nitrogen functional groups attached to an aromatic ring is 1. The van der Waals surface area contributed by atoms with Crippen LogP contribution in [0.3, 0.4) is 0 Å². The Labute approximate surface area is 209 Å². The van der Waals surface area contributed by atoms with Crippen molar-refractivity contribution in [2.75, 3.05) is 25.4 Å². The second kappa shape index (κ2) is 11.1. The molecule has 2 atom stereocenters. The van der Waals surface area contributed by atoms with Crippen molar-refractivity contribution in [3.8, 4) is 0 Å². The number of oxime groups is 1. The molecule has 1 unspecified atom stereocenters. The largest absolute Gasteiger partial charge is 0.428 e. The summed E-state index contributed by atoms with van der Waals surface area (Å²) in [6, 6.07) is -0.883. The molecule has 1 saturated heterocycles. The van der Waals surface area contributed by atoms with Crippen molar-refractivity contribution in [3.63, 3.8) is 0 Å². The first kappa shape index (κ1) is 25.0. The van der Waals surface area contributed by atoms with E-state index < -0.39 is 36.0 Å². The van der Waals surface area contributed by atoms with Gasteiger partial charge in [-0.05, 0) is 18.9 Å². The van der Waals surface area contributed by atoms with Gasteiger partial charge < -0.3 is 25.4 Å². The van der Waals surface area contributed by atoms with Crippen LogP contribution in [0.4, 0.5) is 5.13 Å². The van der Waals surface area contributed by atoms with E-state index in [0.717, 1.165) is 43.4 Å². The average molecular weight is 524 g/mol. The Morgan fingerprint density at radius 3 is 2.71 bits per heavy atom. The van der Waals surface area contributed by atoms with Crippen LogP contribution in [-0.2, 0) is 33.5 Å². The third-order valence-electron chi connectivity index (χ3n) is 5.83. The molecule has 2 fully saturated rings. The number of nitrogens with two attached hydrogens (primary N) is 1. The normalized spacial score (nSPS) is 22.4. The Balaban J connectivity index is 1.32. The zero-order valence-corrected chi connectivity index (χ0v) is 20.6. The van der Waals surface area contributed by atoms with Crippen molar-refractivity contribution in [3.05, 3.63) is 22.8 Å². The van der Waals surface area contributed by atoms with Crippen molar-refractivity contribution in [2.24, 2.45) is 11.1 Å². The molecule has 12 nitrogen and oxygen atoms in total. The Hall–Kier alpha value is -3.13. The third kappa shape index (κ3) is 5.42. The highest BCUT2D eigenvalue weighted by atomic mass is 32.2. The number of nitrogens with zero attached hydrogens (tertiary/aromatic N) is 3. The Morgan fingerprint density at radius 2 is 2.03 bits per heavy atom. The molecule has 1 aromatic heterocycles. The highest BCUT2D eigenvalue weighted by Gasteiger charge is 2.53. The van der Waals surface area contributed by atoms with E-state index in [4.69, 9.17) is 20.0 Å². The number of carbonyl (C=O) groups is 4. The summed E-state index contributed by atoms with van der Waals surface area (Å²) in [5.74, 6) is -2.03. The van der Waals surface area contributed by atoms with Crippen molar-refractivity contribution in [1.82, 2.24) is 15.2 Å². The van der Waals surface area contributed by atoms with Crippen LogP contribution in [0.2, 0.25) is 0 Å². The molecule has 1 aliphatic carbocycles. The predicted molar refractivity (Wildman–Crippen MR) is 127 cm³/mol. The minimum Gasteiger partial charge on any atom is -0.428 e. The van der Waals surface area contributed by atoms with Crippen molar-refractivity contribution >= 4 is 57.7 Å². The Kier molecular flexibility index (Phi) is 7.90. The summed E-state index contributed by atoms with van der Waals surface area (Å²) in [6.45, 7) is -0.515. The SMILES string of the molecule is CON=C(C(=O)NC1C(=O)N2C(C(=O)OCOC(=O)C3CCCCC3)=CCS[C@@H]12)c1csc(N)n1. The Bertz CT molecular complexity index is 1070. The minimum absolute atomic E-state index is 0.0519. The van der Waals surface area contributed by atoms with E-state index in [1.807, 2.05) is 0 Å². The maximum atomic E-state index is 12.8. The molecule has 0 aromatic carbocycles. The number of hydrogen-bond donors (Lipinski definition) is 2. The van der Waals surface area contributed by atoms with E-state index in [0.29, 0.717) is 5.75 Å². The van der Waals surface area contributed by atoms with Gasteiger partial charge >= 0.3 is 11.9 Å². The van der Waals surface area contributed by atoms with Crippen molar-refractivity contribution in [2.45, 2.75) is 43.5 Å². The third-order valence-corrected chi connectivity index (χ3v) is 7.69. The lowest BCUT2D eigenvalue weighted by Gasteiger charge is -2.48. The maximum absolute atomic E-state index is 12.8. The van der Waals surface area contributed by atoms with E-state index in [9.17, 15) is 19.2 Å². The summed E-state index contributed by atoms with van der Waals surface area (Å²) in [4.78, 5) is 60.3. The second-order valence-corrected chi connectivity index (χ2v) is 10.1. The van der Waals surface area contributed by atoms with Crippen molar-refractivity contribution in [1.29, 1.82) is 0 Å². The topological polar surface area (TPSA) is 163 Å². The number of carbonyl (C=O) groups excluding carboxylic acids is 4. The summed E-state index contributed by atoms with van der Waals surface area (Å²) >= 11 is 2.51. The number of rotatable bonds is 8. The van der Waals surface area contributed by atoms with Gasteiger partial charge in [-0.15, -0.1) is 23.1 Å². The van der Waals surface area contributed by atoms with E-state index in [2.05, 4.69) is 15.5 Å². The molecule has 4 rings (SSSR count).